The Morgan fingerprint density at radius 3 is 2.47 bits per heavy atom. The van der Waals surface area contributed by atoms with E-state index in [1.165, 1.54) is 5.56 Å². The molecule has 1 saturated carbocycles. The van der Waals surface area contributed by atoms with Gasteiger partial charge in [-0.3, -0.25) is 0 Å². The lowest BCUT2D eigenvalue weighted by Gasteiger charge is -2.09. The Hall–Kier alpha value is -0.730. The van der Waals surface area contributed by atoms with Crippen LogP contribution >= 0.6 is 11.8 Å². The second-order valence-corrected chi connectivity index (χ2v) is 4.51. The van der Waals surface area contributed by atoms with Crippen LogP contribution in [-0.4, -0.2) is 12.1 Å². The van der Waals surface area contributed by atoms with Crippen molar-refractivity contribution >= 4 is 11.8 Å². The van der Waals surface area contributed by atoms with Crippen LogP contribution in [0.15, 0.2) is 24.3 Å². The quantitative estimate of drug-likeness (QED) is 0.796. The van der Waals surface area contributed by atoms with Gasteiger partial charge in [-0.1, -0.05) is 12.1 Å². The standard InChI is InChI=1S/C12H16ClNO/c1-8(2)15-10-5-3-9(4-6-10)11-7-12(11)14-13/h3-6,8,11-12,14H,7H2,1-2H3. The average molecular weight is 226 g/mol. The molecule has 0 bridgehead atoms. The molecule has 1 fully saturated rings. The molecule has 0 amide bonds. The van der Waals surface area contributed by atoms with E-state index in [0.717, 1.165) is 12.2 Å². The summed E-state index contributed by atoms with van der Waals surface area (Å²) in [4.78, 5) is 2.78. The van der Waals surface area contributed by atoms with Gasteiger partial charge in [-0.05, 0) is 49.7 Å². The van der Waals surface area contributed by atoms with Crippen molar-refractivity contribution in [3.8, 4) is 5.75 Å². The molecular formula is C12H16ClNO. The highest BCUT2D eigenvalue weighted by Crippen LogP contribution is 2.41. The summed E-state index contributed by atoms with van der Waals surface area (Å²) >= 11 is 5.57. The van der Waals surface area contributed by atoms with E-state index in [9.17, 15) is 0 Å². The van der Waals surface area contributed by atoms with E-state index in [1.54, 1.807) is 0 Å². The second kappa shape index (κ2) is 4.42. The molecule has 2 atom stereocenters. The van der Waals surface area contributed by atoms with Crippen molar-refractivity contribution in [3.63, 3.8) is 0 Å². The molecule has 2 nitrogen and oxygen atoms in total. The van der Waals surface area contributed by atoms with Gasteiger partial charge in [0.25, 0.3) is 0 Å². The first kappa shape index (κ1) is 10.8. The Kier molecular flexibility index (Phi) is 3.17. The van der Waals surface area contributed by atoms with Gasteiger partial charge in [0.05, 0.1) is 6.10 Å². The highest BCUT2D eigenvalue weighted by Gasteiger charge is 2.37. The molecule has 0 aliphatic heterocycles. The van der Waals surface area contributed by atoms with Crippen molar-refractivity contribution in [2.24, 2.45) is 0 Å². The number of nitrogens with one attached hydrogen (secondary N) is 1. The van der Waals surface area contributed by atoms with Crippen LogP contribution in [0.5, 0.6) is 5.75 Å². The van der Waals surface area contributed by atoms with Gasteiger partial charge < -0.3 is 4.74 Å². The zero-order valence-electron chi connectivity index (χ0n) is 9.03. The number of ether oxygens (including phenoxy) is 1. The summed E-state index contributed by atoms with van der Waals surface area (Å²) in [6.07, 6.45) is 1.36. The molecule has 2 unspecified atom stereocenters. The lowest BCUT2D eigenvalue weighted by Crippen LogP contribution is -2.05. The Morgan fingerprint density at radius 2 is 2.00 bits per heavy atom. The Bertz CT molecular complexity index is 323. The monoisotopic (exact) mass is 225 g/mol. The van der Waals surface area contributed by atoms with Gasteiger partial charge >= 0.3 is 0 Å². The molecule has 1 aliphatic carbocycles. The van der Waals surface area contributed by atoms with E-state index in [4.69, 9.17) is 16.5 Å². The van der Waals surface area contributed by atoms with Gasteiger partial charge in [0.15, 0.2) is 0 Å². The SMILES string of the molecule is CC(C)Oc1ccc(C2CC2NCl)cc1. The summed E-state index contributed by atoms with van der Waals surface area (Å²) < 4.78 is 5.58. The molecule has 0 radical (unpaired) electrons. The summed E-state index contributed by atoms with van der Waals surface area (Å²) in [5.74, 6) is 1.51. The predicted molar refractivity (Wildman–Crippen MR) is 62.3 cm³/mol. The van der Waals surface area contributed by atoms with Gasteiger partial charge in [0, 0.05) is 12.0 Å². The summed E-state index contributed by atoms with van der Waals surface area (Å²) in [6, 6.07) is 8.74. The van der Waals surface area contributed by atoms with E-state index in [1.807, 2.05) is 26.0 Å². The van der Waals surface area contributed by atoms with Crippen molar-refractivity contribution in [2.75, 3.05) is 0 Å². The largest absolute Gasteiger partial charge is 0.491 e. The van der Waals surface area contributed by atoms with Crippen LogP contribution < -0.4 is 9.57 Å². The minimum absolute atomic E-state index is 0.231. The van der Waals surface area contributed by atoms with Gasteiger partial charge in [0.1, 0.15) is 5.75 Å². The number of rotatable bonds is 4. The fourth-order valence-corrected chi connectivity index (χ4v) is 1.99. The van der Waals surface area contributed by atoms with Crippen LogP contribution in [0.3, 0.4) is 0 Å². The van der Waals surface area contributed by atoms with Crippen LogP contribution in [0.2, 0.25) is 0 Å². The van der Waals surface area contributed by atoms with Crippen LogP contribution in [0.25, 0.3) is 0 Å². The molecule has 82 valence electrons. The summed E-state index contributed by atoms with van der Waals surface area (Å²) in [5, 5.41) is 0. The number of halogens is 1. The first-order chi connectivity index (χ1) is 7.20. The van der Waals surface area contributed by atoms with E-state index in [0.29, 0.717) is 12.0 Å². The zero-order valence-corrected chi connectivity index (χ0v) is 9.79. The van der Waals surface area contributed by atoms with Crippen molar-refractivity contribution in [3.05, 3.63) is 29.8 Å². The molecular weight excluding hydrogens is 210 g/mol. The van der Waals surface area contributed by atoms with Crippen molar-refractivity contribution in [2.45, 2.75) is 38.3 Å². The Morgan fingerprint density at radius 1 is 1.33 bits per heavy atom. The average Bonchev–Trinajstić information content (AvgIpc) is 2.97. The van der Waals surface area contributed by atoms with Crippen LogP contribution in [0, 0.1) is 0 Å². The van der Waals surface area contributed by atoms with Crippen molar-refractivity contribution in [1.82, 2.24) is 4.84 Å². The molecule has 2 rings (SSSR count). The van der Waals surface area contributed by atoms with Gasteiger partial charge in [-0.2, -0.15) is 0 Å². The minimum atomic E-state index is 0.231. The first-order valence-corrected chi connectivity index (χ1v) is 5.71. The maximum Gasteiger partial charge on any atom is 0.119 e. The maximum absolute atomic E-state index is 5.58. The fourth-order valence-electron chi connectivity index (χ4n) is 1.75. The molecule has 1 aromatic carbocycles. The van der Waals surface area contributed by atoms with E-state index in [2.05, 4.69) is 17.0 Å². The van der Waals surface area contributed by atoms with Gasteiger partial charge in [-0.15, -0.1) is 0 Å². The fraction of sp³-hybridized carbons (Fsp3) is 0.500. The smallest absolute Gasteiger partial charge is 0.119 e. The van der Waals surface area contributed by atoms with E-state index >= 15 is 0 Å². The lowest BCUT2D eigenvalue weighted by atomic mass is 10.1. The minimum Gasteiger partial charge on any atom is -0.491 e. The summed E-state index contributed by atoms with van der Waals surface area (Å²) in [5.41, 5.74) is 1.34. The number of hydrogen-bond acceptors (Lipinski definition) is 2. The highest BCUT2D eigenvalue weighted by atomic mass is 35.5. The summed E-state index contributed by atoms with van der Waals surface area (Å²) in [7, 11) is 0. The summed E-state index contributed by atoms with van der Waals surface area (Å²) in [6.45, 7) is 4.06. The van der Waals surface area contributed by atoms with E-state index in [-0.39, 0.29) is 6.10 Å². The third kappa shape index (κ3) is 2.64. The molecule has 0 saturated heterocycles. The Balaban J connectivity index is 1.99. The van der Waals surface area contributed by atoms with Gasteiger partial charge in [-0.25, -0.2) is 4.84 Å². The molecule has 3 heteroatoms. The molecule has 0 heterocycles. The van der Waals surface area contributed by atoms with Crippen LogP contribution in [-0.2, 0) is 0 Å². The number of hydrogen-bond donors (Lipinski definition) is 1. The Labute approximate surface area is 95.7 Å². The van der Waals surface area contributed by atoms with Gasteiger partial charge in [0.2, 0.25) is 0 Å². The molecule has 1 aromatic rings. The predicted octanol–water partition coefficient (Wildman–Crippen LogP) is 3.07. The molecule has 0 spiro atoms. The zero-order chi connectivity index (χ0) is 10.8. The van der Waals surface area contributed by atoms with Crippen molar-refractivity contribution < 1.29 is 4.74 Å². The molecule has 1 aliphatic rings. The normalized spacial score (nSPS) is 24.3. The second-order valence-electron chi connectivity index (χ2n) is 4.29. The highest BCUT2D eigenvalue weighted by molar-refractivity contribution is 6.13. The van der Waals surface area contributed by atoms with Crippen LogP contribution in [0.1, 0.15) is 31.7 Å². The molecule has 1 N–H and O–H groups in total. The van der Waals surface area contributed by atoms with Crippen molar-refractivity contribution in [1.29, 1.82) is 0 Å². The third-order valence-electron chi connectivity index (χ3n) is 2.61. The number of benzene rings is 1. The maximum atomic E-state index is 5.58. The topological polar surface area (TPSA) is 21.3 Å². The first-order valence-electron chi connectivity index (χ1n) is 5.33. The molecule has 15 heavy (non-hydrogen) atoms. The molecule has 0 aromatic heterocycles. The lowest BCUT2D eigenvalue weighted by molar-refractivity contribution is 0.242. The third-order valence-corrected chi connectivity index (χ3v) is 2.89. The van der Waals surface area contributed by atoms with Crippen LogP contribution in [0.4, 0.5) is 0 Å². The van der Waals surface area contributed by atoms with E-state index < -0.39 is 0 Å².